The van der Waals surface area contributed by atoms with Gasteiger partial charge in [-0.1, -0.05) is 0 Å². The van der Waals surface area contributed by atoms with E-state index in [9.17, 15) is 38.7 Å². The summed E-state index contributed by atoms with van der Waals surface area (Å²) in [4.78, 5) is 84.2. The van der Waals surface area contributed by atoms with Gasteiger partial charge in [0.25, 0.3) is 0 Å². The molecule has 2 fully saturated rings. The van der Waals surface area contributed by atoms with Crippen molar-refractivity contribution >= 4 is 41.5 Å². The third kappa shape index (κ3) is 11.8. The second kappa shape index (κ2) is 18.3. The number of amides is 4. The van der Waals surface area contributed by atoms with Crippen LogP contribution in [0, 0.1) is 0 Å². The number of nitrogens with two attached hydrogens (primary N) is 2. The summed E-state index contributed by atoms with van der Waals surface area (Å²) in [6.07, 6.45) is -4.42. The minimum Gasteiger partial charge on any atom is -0.480 e. The molecule has 2 aliphatic heterocycles. The van der Waals surface area contributed by atoms with E-state index in [-0.39, 0.29) is 32.4 Å². The van der Waals surface area contributed by atoms with Crippen LogP contribution in [0.2, 0.25) is 0 Å². The normalized spacial score (nSPS) is 24.4. The quantitative estimate of drug-likeness (QED) is 0.0491. The van der Waals surface area contributed by atoms with Gasteiger partial charge in [-0.3, -0.25) is 28.8 Å². The van der Waals surface area contributed by atoms with Gasteiger partial charge in [0, 0.05) is 19.9 Å². The number of carbonyl (C=O) groups is 7. The Balaban J connectivity index is 1.90. The van der Waals surface area contributed by atoms with E-state index in [0.29, 0.717) is 12.8 Å². The number of rotatable bonds is 19. The van der Waals surface area contributed by atoms with E-state index >= 15 is 0 Å². The topological polar surface area (TPSA) is 297 Å². The third-order valence-electron chi connectivity index (χ3n) is 7.21. The second-order valence-corrected chi connectivity index (χ2v) is 11.0. The maximum atomic E-state index is 13.0. The van der Waals surface area contributed by atoms with Crippen LogP contribution < -0.4 is 32.7 Å². The number of aliphatic carboxylic acids is 2. The van der Waals surface area contributed by atoms with Gasteiger partial charge < -0.3 is 61.9 Å². The number of carbonyl (C=O) groups excluding carboxylic acids is 5. The highest BCUT2D eigenvalue weighted by atomic mass is 16.7. The highest BCUT2D eigenvalue weighted by Crippen LogP contribution is 2.32. The summed E-state index contributed by atoms with van der Waals surface area (Å²) in [6.45, 7) is 3.75. The lowest BCUT2D eigenvalue weighted by molar-refractivity contribution is -0.220. The summed E-state index contributed by atoms with van der Waals surface area (Å²) < 4.78 is 22.6. The van der Waals surface area contributed by atoms with Crippen LogP contribution in [0.3, 0.4) is 0 Å². The Morgan fingerprint density at radius 3 is 2.26 bits per heavy atom. The first-order valence-electron chi connectivity index (χ1n) is 14.8. The van der Waals surface area contributed by atoms with Crippen molar-refractivity contribution in [2.45, 2.75) is 108 Å². The van der Waals surface area contributed by atoms with Gasteiger partial charge in [-0.25, -0.2) is 4.79 Å². The van der Waals surface area contributed by atoms with Crippen molar-refractivity contribution in [2.75, 3.05) is 19.7 Å². The Bertz CT molecular complexity index is 1120. The molecule has 9 atom stereocenters. The van der Waals surface area contributed by atoms with Gasteiger partial charge in [0.15, 0.2) is 12.4 Å². The maximum absolute atomic E-state index is 13.0. The van der Waals surface area contributed by atoms with Gasteiger partial charge in [0.2, 0.25) is 23.6 Å². The molecule has 260 valence electrons. The predicted molar refractivity (Wildman–Crippen MR) is 154 cm³/mol. The molecule has 0 aromatic rings. The third-order valence-corrected chi connectivity index (χ3v) is 7.21. The fourth-order valence-electron chi connectivity index (χ4n) is 4.71. The molecule has 0 unspecified atom stereocenters. The van der Waals surface area contributed by atoms with Crippen molar-refractivity contribution in [3.63, 3.8) is 0 Å². The molecule has 2 saturated heterocycles. The molecule has 2 rings (SSSR count). The van der Waals surface area contributed by atoms with Crippen LogP contribution in [0.15, 0.2) is 0 Å². The molecule has 0 aliphatic carbocycles. The summed E-state index contributed by atoms with van der Waals surface area (Å²) >= 11 is 0. The highest BCUT2D eigenvalue weighted by Gasteiger charge is 2.54. The highest BCUT2D eigenvalue weighted by molar-refractivity contribution is 5.91. The lowest BCUT2D eigenvalue weighted by Crippen LogP contribution is -2.63. The molecule has 4 amide bonds. The fourth-order valence-corrected chi connectivity index (χ4v) is 4.71. The Kier molecular flexibility index (Phi) is 15.2. The molecule has 10 N–H and O–H groups in total. The summed E-state index contributed by atoms with van der Waals surface area (Å²) in [6, 6.07) is -4.61. The molecule has 0 aromatic heterocycles. The number of hydrogen-bond acceptors (Lipinski definition) is 13. The number of fused-ring (bicyclic) bond motifs is 2. The zero-order valence-electron chi connectivity index (χ0n) is 25.9. The Hall–Kier alpha value is -3.91. The standard InChI is InChI=1S/C27H44N6O13/c1-12(23(37)33-16(26(41)42)7-8-18(35)30-9-5-4-6-15(29)25(39)40)31-24(38)13(2)44-22-20(32-14(3)34)27-43-11-17(45-27)21(22)46-19(36)10-28/h12-13,15-17,20-22,27H,4-11,28-29H2,1-3H3,(H,30,35)(H,31,38)(H,32,34)(H,33,37)(H,39,40)(H,41,42)/t12-,13+,15+,16+,17+,20+,21+,22+,27+/m0/s1. The lowest BCUT2D eigenvalue weighted by atomic mass is 9.97. The molecule has 46 heavy (non-hydrogen) atoms. The molecule has 0 spiro atoms. The van der Waals surface area contributed by atoms with E-state index < -0.39 is 103 Å². The zero-order chi connectivity index (χ0) is 34.6. The maximum Gasteiger partial charge on any atom is 0.326 e. The summed E-state index contributed by atoms with van der Waals surface area (Å²) in [5.41, 5.74) is 10.8. The molecule has 0 aromatic carbocycles. The number of carboxylic acid groups (broad SMARTS) is 2. The number of nitrogens with one attached hydrogen (secondary N) is 4. The Labute approximate surface area is 264 Å². The SMILES string of the molecule is CC(=O)N[C@H]1[C@@H]2OC[C@@H](O2)[C@@H](OC(=O)CN)[C@@H]1O[C@H](C)C(=O)N[C@@H](C)C(=O)N[C@H](CCC(=O)NCCCC[C@@H](N)C(=O)O)C(=O)O. The molecule has 0 radical (unpaired) electrons. The van der Waals surface area contributed by atoms with E-state index in [1.807, 2.05) is 0 Å². The first-order valence-corrected chi connectivity index (χ1v) is 14.8. The molecule has 2 aliphatic rings. The molecule has 19 heteroatoms. The molecule has 2 heterocycles. The minimum absolute atomic E-state index is 0.0249. The summed E-state index contributed by atoms with van der Waals surface area (Å²) in [5.74, 6) is -5.83. The summed E-state index contributed by atoms with van der Waals surface area (Å²) in [5, 5.41) is 28.2. The predicted octanol–water partition coefficient (Wildman–Crippen LogP) is -3.56. The van der Waals surface area contributed by atoms with E-state index in [4.69, 9.17) is 35.5 Å². The van der Waals surface area contributed by atoms with Crippen molar-refractivity contribution in [3.8, 4) is 0 Å². The molecule has 0 saturated carbocycles. The smallest absolute Gasteiger partial charge is 0.326 e. The minimum atomic E-state index is -1.44. The van der Waals surface area contributed by atoms with Crippen LogP contribution in [0.4, 0.5) is 0 Å². The van der Waals surface area contributed by atoms with Crippen molar-refractivity contribution in [2.24, 2.45) is 11.5 Å². The van der Waals surface area contributed by atoms with Crippen LogP contribution in [0.1, 0.15) is 52.9 Å². The molecule has 19 nitrogen and oxygen atoms in total. The number of carboxylic acids is 2. The molecular weight excluding hydrogens is 616 g/mol. The number of esters is 1. The Morgan fingerprint density at radius 1 is 0.957 bits per heavy atom. The van der Waals surface area contributed by atoms with Gasteiger partial charge >= 0.3 is 17.9 Å². The van der Waals surface area contributed by atoms with Crippen molar-refractivity contribution in [3.05, 3.63) is 0 Å². The van der Waals surface area contributed by atoms with E-state index in [2.05, 4.69) is 21.3 Å². The van der Waals surface area contributed by atoms with Crippen LogP contribution in [0.5, 0.6) is 0 Å². The Morgan fingerprint density at radius 2 is 1.65 bits per heavy atom. The first kappa shape index (κ1) is 38.3. The monoisotopic (exact) mass is 660 g/mol. The fraction of sp³-hybridized carbons (Fsp3) is 0.741. The zero-order valence-corrected chi connectivity index (χ0v) is 25.9. The first-order chi connectivity index (χ1) is 21.6. The second-order valence-electron chi connectivity index (χ2n) is 11.0. The van der Waals surface area contributed by atoms with E-state index in [1.165, 1.54) is 20.8 Å². The van der Waals surface area contributed by atoms with Crippen LogP contribution >= 0.6 is 0 Å². The molecular formula is C27H44N6O13. The van der Waals surface area contributed by atoms with Gasteiger partial charge in [-0.15, -0.1) is 0 Å². The average Bonchev–Trinajstić information content (AvgIpc) is 3.43. The van der Waals surface area contributed by atoms with Crippen LogP contribution in [0.25, 0.3) is 0 Å². The van der Waals surface area contributed by atoms with Crippen LogP contribution in [-0.2, 0) is 52.5 Å². The van der Waals surface area contributed by atoms with E-state index in [0.717, 1.165) is 0 Å². The van der Waals surface area contributed by atoms with Gasteiger partial charge in [-0.05, 0) is 39.5 Å². The van der Waals surface area contributed by atoms with Crippen molar-refractivity contribution < 1.29 is 62.7 Å². The largest absolute Gasteiger partial charge is 0.480 e. The van der Waals surface area contributed by atoms with Gasteiger partial charge in [-0.2, -0.15) is 0 Å². The van der Waals surface area contributed by atoms with Crippen molar-refractivity contribution in [1.82, 2.24) is 21.3 Å². The summed E-state index contributed by atoms with van der Waals surface area (Å²) in [7, 11) is 0. The van der Waals surface area contributed by atoms with E-state index in [1.54, 1.807) is 0 Å². The number of hydrogen-bond donors (Lipinski definition) is 8. The average molecular weight is 661 g/mol. The number of ether oxygens (including phenoxy) is 4. The van der Waals surface area contributed by atoms with Crippen molar-refractivity contribution in [1.29, 1.82) is 0 Å². The lowest BCUT2D eigenvalue weighted by Gasteiger charge is -2.41. The van der Waals surface area contributed by atoms with Gasteiger partial charge in [0.05, 0.1) is 13.2 Å². The number of unbranched alkanes of at least 4 members (excludes halogenated alkanes) is 1. The van der Waals surface area contributed by atoms with Crippen LogP contribution in [-0.4, -0.2) is 126 Å². The van der Waals surface area contributed by atoms with Gasteiger partial charge in [0.1, 0.15) is 42.5 Å². The molecule has 2 bridgehead atoms.